The fraction of sp³-hybridized carbons (Fsp3) is 0.905. The highest BCUT2D eigenvalue weighted by Gasteiger charge is 2.61. The molecule has 6 heteroatoms. The Bertz CT molecular complexity index is 503. The van der Waals surface area contributed by atoms with Gasteiger partial charge in [-0.1, -0.05) is 26.8 Å². The molecular formula is C21H40O5Si. The van der Waals surface area contributed by atoms with Gasteiger partial charge in [0.05, 0.1) is 18.3 Å². The fourth-order valence-electron chi connectivity index (χ4n) is 5.05. The molecule has 2 saturated carbocycles. The van der Waals surface area contributed by atoms with Crippen molar-refractivity contribution in [3.8, 4) is 0 Å². The molecule has 2 fully saturated rings. The van der Waals surface area contributed by atoms with Crippen molar-refractivity contribution in [2.75, 3.05) is 20.5 Å². The van der Waals surface area contributed by atoms with Crippen LogP contribution in [0, 0.1) is 17.3 Å². The van der Waals surface area contributed by atoms with E-state index in [0.717, 1.165) is 19.3 Å². The molecule has 0 spiro atoms. The minimum absolute atomic E-state index is 0.0226. The lowest BCUT2D eigenvalue weighted by Gasteiger charge is -2.52. The van der Waals surface area contributed by atoms with E-state index in [4.69, 9.17) is 13.9 Å². The Morgan fingerprint density at radius 1 is 1.22 bits per heavy atom. The molecule has 0 aromatic carbocycles. The molecule has 0 amide bonds. The third-order valence-electron chi connectivity index (χ3n) is 7.45. The summed E-state index contributed by atoms with van der Waals surface area (Å²) in [6.45, 7) is 15.4. The monoisotopic (exact) mass is 400 g/mol. The smallest absolute Gasteiger partial charge is 0.192 e. The standard InChI is InChI=1S/C21H40O5Si/c1-8-16-18(25-14-24-5)13-15-9-10-17(19(23)21(15,16)11-12-22)26-27(6,7)20(2,3)4/h8,15-19,22-23H,1,9-14H2,2-7H3/t15-,16-,17-,18+,19+,21-/m0/s1. The molecule has 0 heterocycles. The molecule has 0 unspecified atom stereocenters. The Morgan fingerprint density at radius 3 is 2.41 bits per heavy atom. The molecule has 2 N–H and O–H groups in total. The zero-order valence-electron chi connectivity index (χ0n) is 18.0. The molecule has 158 valence electrons. The van der Waals surface area contributed by atoms with Crippen molar-refractivity contribution in [1.82, 2.24) is 0 Å². The number of hydrogen-bond donors (Lipinski definition) is 2. The van der Waals surface area contributed by atoms with Gasteiger partial charge < -0.3 is 24.1 Å². The number of fused-ring (bicyclic) bond motifs is 1. The maximum atomic E-state index is 11.5. The summed E-state index contributed by atoms with van der Waals surface area (Å²) in [6.07, 6.45) is 4.28. The van der Waals surface area contributed by atoms with Crippen LogP contribution in [0.3, 0.4) is 0 Å². The van der Waals surface area contributed by atoms with E-state index in [1.54, 1.807) is 7.11 Å². The van der Waals surface area contributed by atoms with Crippen LogP contribution in [0.4, 0.5) is 0 Å². The Labute approximate surface area is 166 Å². The molecule has 2 rings (SSSR count). The molecule has 2 aliphatic rings. The Balaban J connectivity index is 2.32. The van der Waals surface area contributed by atoms with Gasteiger partial charge in [0.15, 0.2) is 8.32 Å². The first-order valence-corrected chi connectivity index (χ1v) is 13.2. The van der Waals surface area contributed by atoms with Gasteiger partial charge in [0.1, 0.15) is 6.79 Å². The zero-order chi connectivity index (χ0) is 20.5. The lowest BCUT2D eigenvalue weighted by molar-refractivity contribution is -0.140. The second-order valence-electron chi connectivity index (χ2n) is 9.83. The zero-order valence-corrected chi connectivity index (χ0v) is 19.0. The minimum Gasteiger partial charge on any atom is -0.411 e. The van der Waals surface area contributed by atoms with Gasteiger partial charge in [0.2, 0.25) is 0 Å². The van der Waals surface area contributed by atoms with Gasteiger partial charge in [-0.15, -0.1) is 6.58 Å². The van der Waals surface area contributed by atoms with Gasteiger partial charge in [-0.3, -0.25) is 0 Å². The predicted octanol–water partition coefficient (Wildman–Crippen LogP) is 3.71. The molecule has 0 bridgehead atoms. The lowest BCUT2D eigenvalue weighted by Crippen LogP contribution is -2.57. The molecule has 0 aromatic rings. The average molecular weight is 401 g/mol. The van der Waals surface area contributed by atoms with E-state index in [1.807, 2.05) is 6.08 Å². The maximum absolute atomic E-state index is 11.5. The van der Waals surface area contributed by atoms with Crippen molar-refractivity contribution < 1.29 is 24.1 Å². The Hall–Kier alpha value is -0.243. The summed E-state index contributed by atoms with van der Waals surface area (Å²) in [7, 11) is -0.386. The number of aliphatic hydroxyl groups is 2. The van der Waals surface area contributed by atoms with Crippen LogP contribution in [0.15, 0.2) is 12.7 Å². The Kier molecular flexibility index (Phi) is 7.37. The average Bonchev–Trinajstić information content (AvgIpc) is 2.89. The summed E-state index contributed by atoms with van der Waals surface area (Å²) in [5.41, 5.74) is -0.444. The topological polar surface area (TPSA) is 68.2 Å². The third-order valence-corrected chi connectivity index (χ3v) is 12.0. The number of aliphatic hydroxyl groups excluding tert-OH is 2. The van der Waals surface area contributed by atoms with E-state index in [2.05, 4.69) is 40.4 Å². The first-order chi connectivity index (χ1) is 12.5. The SMILES string of the molecule is C=C[C@H]1[C@H](OCOC)C[C@@H]2CC[C@H](O[Si](C)(C)C(C)(C)C)[C@@H](O)[C@@]21CCO. The van der Waals surface area contributed by atoms with Crippen molar-refractivity contribution in [2.24, 2.45) is 17.3 Å². The van der Waals surface area contributed by atoms with E-state index < -0.39 is 19.8 Å². The first kappa shape index (κ1) is 23.0. The van der Waals surface area contributed by atoms with Gasteiger partial charge in [0.25, 0.3) is 0 Å². The molecule has 0 aliphatic heterocycles. The van der Waals surface area contributed by atoms with E-state index in [-0.39, 0.29) is 36.6 Å². The highest BCUT2D eigenvalue weighted by atomic mass is 28.4. The van der Waals surface area contributed by atoms with Gasteiger partial charge in [0, 0.05) is 25.0 Å². The van der Waals surface area contributed by atoms with Crippen LogP contribution < -0.4 is 0 Å². The van der Waals surface area contributed by atoms with Gasteiger partial charge >= 0.3 is 0 Å². The predicted molar refractivity (Wildman–Crippen MR) is 110 cm³/mol. The lowest BCUT2D eigenvalue weighted by atomic mass is 9.59. The summed E-state index contributed by atoms with van der Waals surface area (Å²) >= 11 is 0. The van der Waals surface area contributed by atoms with Crippen LogP contribution in [-0.2, 0) is 13.9 Å². The molecule has 0 saturated heterocycles. The summed E-state index contributed by atoms with van der Waals surface area (Å²) < 4.78 is 17.7. The normalized spacial score (nSPS) is 37.3. The van der Waals surface area contributed by atoms with Crippen LogP contribution >= 0.6 is 0 Å². The van der Waals surface area contributed by atoms with Gasteiger partial charge in [-0.25, -0.2) is 0 Å². The van der Waals surface area contributed by atoms with Gasteiger partial charge in [-0.2, -0.15) is 0 Å². The van der Waals surface area contributed by atoms with Crippen LogP contribution in [0.25, 0.3) is 0 Å². The summed E-state index contributed by atoms with van der Waals surface area (Å²) in [6, 6.07) is 0. The van der Waals surface area contributed by atoms with E-state index in [9.17, 15) is 10.2 Å². The van der Waals surface area contributed by atoms with Crippen molar-refractivity contribution in [1.29, 1.82) is 0 Å². The molecular weight excluding hydrogens is 360 g/mol. The van der Waals surface area contributed by atoms with Crippen LogP contribution in [0.5, 0.6) is 0 Å². The number of ether oxygens (including phenoxy) is 2. The fourth-order valence-corrected chi connectivity index (χ4v) is 6.41. The van der Waals surface area contributed by atoms with Crippen LogP contribution in [0.1, 0.15) is 46.5 Å². The summed E-state index contributed by atoms with van der Waals surface area (Å²) in [5, 5.41) is 21.5. The molecule has 0 radical (unpaired) electrons. The second-order valence-corrected chi connectivity index (χ2v) is 14.6. The van der Waals surface area contributed by atoms with Crippen molar-refractivity contribution in [3.05, 3.63) is 12.7 Å². The Morgan fingerprint density at radius 2 is 1.89 bits per heavy atom. The molecule has 5 nitrogen and oxygen atoms in total. The third kappa shape index (κ3) is 4.21. The van der Waals surface area contributed by atoms with E-state index >= 15 is 0 Å². The van der Waals surface area contributed by atoms with Crippen LogP contribution in [-0.4, -0.2) is 57.4 Å². The maximum Gasteiger partial charge on any atom is 0.192 e. The minimum atomic E-state index is -2.00. The highest BCUT2D eigenvalue weighted by molar-refractivity contribution is 6.74. The largest absolute Gasteiger partial charge is 0.411 e. The quantitative estimate of drug-likeness (QED) is 0.369. The van der Waals surface area contributed by atoms with Crippen LogP contribution in [0.2, 0.25) is 18.1 Å². The van der Waals surface area contributed by atoms with E-state index in [1.165, 1.54) is 0 Å². The van der Waals surface area contributed by atoms with Crippen molar-refractivity contribution >= 4 is 8.32 Å². The number of rotatable bonds is 8. The molecule has 6 atom stereocenters. The van der Waals surface area contributed by atoms with Gasteiger partial charge in [-0.05, 0) is 49.7 Å². The molecule has 0 aromatic heterocycles. The highest BCUT2D eigenvalue weighted by Crippen LogP contribution is 2.59. The molecule has 27 heavy (non-hydrogen) atoms. The number of methoxy groups -OCH3 is 1. The molecule has 2 aliphatic carbocycles. The second kappa shape index (κ2) is 8.64. The summed E-state index contributed by atoms with van der Waals surface area (Å²) in [5.74, 6) is 0.273. The summed E-state index contributed by atoms with van der Waals surface area (Å²) in [4.78, 5) is 0. The van der Waals surface area contributed by atoms with Crippen molar-refractivity contribution in [3.63, 3.8) is 0 Å². The first-order valence-electron chi connectivity index (χ1n) is 10.2. The number of hydrogen-bond acceptors (Lipinski definition) is 5. The van der Waals surface area contributed by atoms with E-state index in [0.29, 0.717) is 12.3 Å². The van der Waals surface area contributed by atoms with Crippen molar-refractivity contribution in [2.45, 2.75) is 82.9 Å².